The number of urea groups is 1. The van der Waals surface area contributed by atoms with E-state index in [1.165, 1.54) is 0 Å². The molecule has 7 atom stereocenters. The SMILES string of the molecule is CCC/C(C(=O)c1nc(OC[C@@H]2CCCN2C)c2c(n1)[N+]1(CC3CCC1O3)C(=O)N2C)=C(/N)[C@H]1CCCC2=C1C(C#N)C(N)S2. The predicted molar refractivity (Wildman–Crippen MR) is 171 cm³/mol. The largest absolute Gasteiger partial charge is 0.474 e. The molecule has 0 radical (unpaired) electrons. The van der Waals surface area contributed by atoms with Gasteiger partial charge in [-0.05, 0) is 69.0 Å². The minimum atomic E-state index is -0.437. The summed E-state index contributed by atoms with van der Waals surface area (Å²) in [4.78, 5) is 43.2. The lowest BCUT2D eigenvalue weighted by Crippen LogP contribution is -2.60. The quantitative estimate of drug-likeness (QED) is 0.243. The van der Waals surface area contributed by atoms with Gasteiger partial charge >= 0.3 is 6.03 Å². The van der Waals surface area contributed by atoms with Crippen LogP contribution in [0.3, 0.4) is 0 Å². The van der Waals surface area contributed by atoms with Gasteiger partial charge in [0, 0.05) is 36.7 Å². The van der Waals surface area contributed by atoms with Crippen LogP contribution in [-0.4, -0.2) is 84.2 Å². The number of carbonyl (C=O) groups excluding carboxylic acids is 2. The second kappa shape index (κ2) is 11.7. The number of ether oxygens (including phenoxy) is 2. The maximum absolute atomic E-state index is 14.5. The molecule has 4 N–H and O–H groups in total. The molecule has 0 aromatic carbocycles. The molecule has 3 saturated heterocycles. The minimum absolute atomic E-state index is 0.0161. The summed E-state index contributed by atoms with van der Waals surface area (Å²) in [5.74, 6) is -0.325. The molecular formula is C32H43N8O4S+. The molecule has 5 aliphatic heterocycles. The number of aromatic nitrogens is 2. The van der Waals surface area contributed by atoms with E-state index in [0.29, 0.717) is 48.8 Å². The van der Waals surface area contributed by atoms with Gasteiger partial charge in [-0.15, -0.1) is 11.8 Å². The highest BCUT2D eigenvalue weighted by molar-refractivity contribution is 8.03. The van der Waals surface area contributed by atoms with Crippen LogP contribution in [0.15, 0.2) is 21.7 Å². The van der Waals surface area contributed by atoms with E-state index >= 15 is 0 Å². The highest BCUT2D eigenvalue weighted by Gasteiger charge is 2.66. The molecule has 1 aromatic heterocycles. The van der Waals surface area contributed by atoms with Crippen molar-refractivity contribution in [2.24, 2.45) is 23.3 Å². The molecule has 12 nitrogen and oxygen atoms in total. The number of rotatable bonds is 8. The number of amides is 2. The zero-order valence-corrected chi connectivity index (χ0v) is 27.1. The molecule has 1 aromatic rings. The molecule has 0 saturated carbocycles. The van der Waals surface area contributed by atoms with E-state index in [2.05, 4.69) is 18.0 Å². The molecular weight excluding hydrogens is 592 g/mol. The van der Waals surface area contributed by atoms with E-state index in [1.54, 1.807) is 23.7 Å². The number of fused-ring (bicyclic) bond motifs is 5. The van der Waals surface area contributed by atoms with Crippen LogP contribution in [0.25, 0.3) is 0 Å². The number of anilines is 1. The fourth-order valence-electron chi connectivity index (χ4n) is 8.36. The minimum Gasteiger partial charge on any atom is -0.474 e. The summed E-state index contributed by atoms with van der Waals surface area (Å²) >= 11 is 1.56. The summed E-state index contributed by atoms with van der Waals surface area (Å²) < 4.78 is 12.6. The van der Waals surface area contributed by atoms with Crippen molar-refractivity contribution in [3.63, 3.8) is 0 Å². The number of carbonyl (C=O) groups is 2. The van der Waals surface area contributed by atoms with Gasteiger partial charge in [0.15, 0.2) is 5.69 Å². The van der Waals surface area contributed by atoms with Crippen LogP contribution in [0.4, 0.5) is 16.3 Å². The average molecular weight is 636 g/mol. The highest BCUT2D eigenvalue weighted by Crippen LogP contribution is 2.53. The number of nitriles is 1. The van der Waals surface area contributed by atoms with Crippen molar-refractivity contribution in [3.05, 3.63) is 27.6 Å². The van der Waals surface area contributed by atoms with Gasteiger partial charge in [0.25, 0.3) is 5.82 Å². The number of quaternary nitrogens is 1. The summed E-state index contributed by atoms with van der Waals surface area (Å²) in [6.07, 6.45) is 7.03. The number of allylic oxidation sites excluding steroid dienone is 3. The number of likely N-dealkylation sites (tertiary alicyclic amines) is 1. The van der Waals surface area contributed by atoms with Crippen molar-refractivity contribution in [1.82, 2.24) is 19.4 Å². The predicted octanol–water partition coefficient (Wildman–Crippen LogP) is 3.77. The number of nitrogens with zero attached hydrogens (tertiary/aromatic N) is 6. The number of ketones is 1. The first-order chi connectivity index (χ1) is 21.7. The molecule has 6 heterocycles. The fraction of sp³-hybridized carbons (Fsp3) is 0.656. The van der Waals surface area contributed by atoms with Gasteiger partial charge in [0.2, 0.25) is 23.7 Å². The number of thioether (sulfide) groups is 1. The van der Waals surface area contributed by atoms with Crippen molar-refractivity contribution in [3.8, 4) is 11.9 Å². The first-order valence-corrected chi connectivity index (χ1v) is 17.2. The summed E-state index contributed by atoms with van der Waals surface area (Å²) in [7, 11) is 3.81. The van der Waals surface area contributed by atoms with Gasteiger partial charge in [-0.1, -0.05) is 13.3 Å². The zero-order valence-electron chi connectivity index (χ0n) is 26.3. The average Bonchev–Trinajstić information content (AvgIpc) is 3.86. The van der Waals surface area contributed by atoms with Gasteiger partial charge in [-0.25, -0.2) is 4.79 Å². The Bertz CT molecular complexity index is 1540. The van der Waals surface area contributed by atoms with Gasteiger partial charge in [-0.2, -0.15) is 19.7 Å². The third-order valence-electron chi connectivity index (χ3n) is 10.7. The van der Waals surface area contributed by atoms with E-state index < -0.39 is 5.92 Å². The van der Waals surface area contributed by atoms with Crippen LogP contribution in [-0.2, 0) is 4.74 Å². The molecule has 45 heavy (non-hydrogen) atoms. The van der Waals surface area contributed by atoms with Gasteiger partial charge in [-0.3, -0.25) is 9.69 Å². The van der Waals surface area contributed by atoms with E-state index in [9.17, 15) is 14.9 Å². The Morgan fingerprint density at radius 1 is 1.22 bits per heavy atom. The maximum atomic E-state index is 14.5. The zero-order chi connectivity index (χ0) is 31.6. The standard InChI is InChI=1S/C32H42N8O4S/c1-4-7-20(25(34)19-9-5-10-22-24(19)21(14-33)28(35)45-22)27(41)29-36-30-26(31(37-29)43-16-17-8-6-13-38(17)2)39(3)32(42)40(30)15-18-11-12-23(40)44-18/h17-19,21,23,28H,4-13,15-16,35H2,1-3H3,(H-,34,41)/p+1/t17-,18?,19-,21?,23?,28?,40?/m0/s1. The molecule has 2 bridgehead atoms. The number of hydrogen-bond acceptors (Lipinski definition) is 11. The molecule has 13 heteroatoms. The molecule has 240 valence electrons. The highest BCUT2D eigenvalue weighted by atomic mass is 32.2. The maximum Gasteiger partial charge on any atom is 0.432 e. The van der Waals surface area contributed by atoms with Crippen LogP contribution < -0.4 is 25.6 Å². The molecule has 7 rings (SSSR count). The third kappa shape index (κ3) is 4.71. The lowest BCUT2D eigenvalue weighted by molar-refractivity contribution is 0.0654. The van der Waals surface area contributed by atoms with Crippen LogP contribution in [0.5, 0.6) is 5.88 Å². The van der Waals surface area contributed by atoms with Crippen molar-refractivity contribution in [2.75, 3.05) is 38.7 Å². The monoisotopic (exact) mass is 635 g/mol. The van der Waals surface area contributed by atoms with E-state index in [0.717, 1.165) is 62.0 Å². The molecule has 3 fully saturated rings. The van der Waals surface area contributed by atoms with E-state index in [1.807, 2.05) is 6.92 Å². The summed E-state index contributed by atoms with van der Waals surface area (Å²) in [5.41, 5.74) is 15.7. The van der Waals surface area contributed by atoms with Gasteiger partial charge < -0.3 is 25.8 Å². The number of likely N-dealkylation sites (N-methyl/N-ethyl adjacent to an activating group) is 1. The smallest absolute Gasteiger partial charge is 0.432 e. The Morgan fingerprint density at radius 2 is 2.04 bits per heavy atom. The Morgan fingerprint density at radius 3 is 2.71 bits per heavy atom. The Hall–Kier alpha value is -3.02. The summed E-state index contributed by atoms with van der Waals surface area (Å²) in [6.45, 7) is 3.87. The van der Waals surface area contributed by atoms with Crippen LogP contribution in [0, 0.1) is 23.2 Å². The topological polar surface area (TPSA) is 161 Å². The first-order valence-electron chi connectivity index (χ1n) is 16.3. The van der Waals surface area contributed by atoms with Crippen LogP contribution in [0.1, 0.15) is 75.3 Å². The normalized spacial score (nSPS) is 34.4. The number of Topliss-reactive ketones (excluding diaryl/α,β-unsaturated/α-hetero) is 1. The van der Waals surface area contributed by atoms with Crippen molar-refractivity contribution >= 4 is 35.1 Å². The van der Waals surface area contributed by atoms with Crippen LogP contribution >= 0.6 is 11.8 Å². The molecule has 1 aliphatic carbocycles. The summed E-state index contributed by atoms with van der Waals surface area (Å²) in [6, 6.07) is 2.47. The lowest BCUT2D eigenvalue weighted by Gasteiger charge is -2.30. The van der Waals surface area contributed by atoms with Gasteiger partial charge in [0.1, 0.15) is 19.3 Å². The number of hydrogen-bond donors (Lipinski definition) is 2. The van der Waals surface area contributed by atoms with Crippen LogP contribution in [0.2, 0.25) is 0 Å². The Balaban J connectivity index is 1.32. The molecule has 5 unspecified atom stereocenters. The second-order valence-corrected chi connectivity index (χ2v) is 14.6. The molecule has 2 amide bonds. The Labute approximate surface area is 268 Å². The number of nitrogens with two attached hydrogens (primary N) is 2. The lowest BCUT2D eigenvalue weighted by atomic mass is 9.77. The van der Waals surface area contributed by atoms with E-state index in [-0.39, 0.29) is 57.7 Å². The Kier molecular flexibility index (Phi) is 7.93. The molecule has 6 aliphatic rings. The molecule has 1 spiro atoms. The van der Waals surface area contributed by atoms with Crippen molar-refractivity contribution in [2.45, 2.75) is 88.5 Å². The van der Waals surface area contributed by atoms with Gasteiger partial charge in [0.05, 0.1) is 17.4 Å². The fourth-order valence-corrected chi connectivity index (χ4v) is 9.70. The van der Waals surface area contributed by atoms with E-state index in [4.69, 9.17) is 30.9 Å². The third-order valence-corrected chi connectivity index (χ3v) is 12.0. The van der Waals surface area contributed by atoms with Crippen molar-refractivity contribution in [1.29, 1.82) is 5.26 Å². The van der Waals surface area contributed by atoms with Crippen molar-refractivity contribution < 1.29 is 19.1 Å². The second-order valence-electron chi connectivity index (χ2n) is 13.3. The summed E-state index contributed by atoms with van der Waals surface area (Å²) in [5, 5.41) is 9.65. The number of piperidine rings is 1. The first kappa shape index (κ1) is 30.6.